The highest BCUT2D eigenvalue weighted by atomic mass is 28.4. The van der Waals surface area contributed by atoms with Crippen molar-refractivity contribution < 1.29 is 28.1 Å². The van der Waals surface area contributed by atoms with Crippen molar-refractivity contribution in [2.45, 2.75) is 33.2 Å². The highest BCUT2D eigenvalue weighted by Crippen LogP contribution is 2.22. The second-order valence-corrected chi connectivity index (χ2v) is 8.02. The predicted octanol–water partition coefficient (Wildman–Crippen LogP) is 1.55. The molecule has 146 valence electrons. The van der Waals surface area contributed by atoms with E-state index >= 15 is 0 Å². The van der Waals surface area contributed by atoms with E-state index in [0.717, 1.165) is 10.4 Å². The summed E-state index contributed by atoms with van der Waals surface area (Å²) in [6.45, 7) is 7.57. The lowest BCUT2D eigenvalue weighted by Crippen LogP contribution is -2.46. The van der Waals surface area contributed by atoms with E-state index in [0.29, 0.717) is 38.8 Å². The molecule has 0 aromatic rings. The van der Waals surface area contributed by atoms with Crippen LogP contribution >= 0.6 is 0 Å². The fraction of sp³-hybridized carbons (Fsp3) is 0.562. The lowest BCUT2D eigenvalue weighted by atomic mass is 10.1. The molecule has 0 aromatic carbocycles. The Labute approximate surface area is 153 Å². The Bertz CT molecular complexity index is 681. The molecule has 2 rings (SSSR count). The van der Waals surface area contributed by atoms with Crippen molar-refractivity contribution in [1.29, 1.82) is 0 Å². The van der Waals surface area contributed by atoms with Crippen LogP contribution in [0.1, 0.15) is 27.2 Å². The third-order valence-electron chi connectivity index (χ3n) is 3.53. The first-order valence-electron chi connectivity index (χ1n) is 8.54. The first kappa shape index (κ1) is 22.0. The molecule has 26 heavy (non-hydrogen) atoms. The van der Waals surface area contributed by atoms with Gasteiger partial charge in [0.25, 0.3) is 5.69 Å². The SMILES string of the molecule is CCO[Si](CCCNC(=O)[O-])(OCC)OCC.O=[N+]([O-])c1cc2ccc1=2. The molecule has 0 aromatic heterocycles. The summed E-state index contributed by atoms with van der Waals surface area (Å²) in [5.74, 6) is 0. The zero-order valence-electron chi connectivity index (χ0n) is 15.3. The number of carboxylic acid groups (broad SMARTS) is 1. The van der Waals surface area contributed by atoms with Gasteiger partial charge in [0.2, 0.25) is 0 Å². The Hall–Kier alpha value is -2.01. The van der Waals surface area contributed by atoms with Gasteiger partial charge in [-0.2, -0.15) is 0 Å². The molecule has 0 unspecified atom stereocenters. The average Bonchev–Trinajstić information content (AvgIpc) is 2.55. The van der Waals surface area contributed by atoms with Crippen LogP contribution in [0.5, 0.6) is 0 Å². The van der Waals surface area contributed by atoms with Crippen LogP contribution in [0.25, 0.3) is 0 Å². The summed E-state index contributed by atoms with van der Waals surface area (Å²) >= 11 is 0. The van der Waals surface area contributed by atoms with E-state index in [1.165, 1.54) is 0 Å². The summed E-state index contributed by atoms with van der Waals surface area (Å²) in [6, 6.07) is 5.80. The number of carbonyl (C=O) groups is 1. The largest absolute Gasteiger partial charge is 0.530 e. The molecule has 0 fully saturated rings. The molecule has 10 heteroatoms. The van der Waals surface area contributed by atoms with E-state index in [1.807, 2.05) is 26.8 Å². The van der Waals surface area contributed by atoms with Gasteiger partial charge in [0.1, 0.15) is 6.09 Å². The molecular formula is C16H25N2O7Si-. The maximum Gasteiger partial charge on any atom is 0.500 e. The quantitative estimate of drug-likeness (QED) is 0.269. The molecule has 0 bridgehead atoms. The van der Waals surface area contributed by atoms with Gasteiger partial charge in [0.15, 0.2) is 0 Å². The lowest BCUT2D eigenvalue weighted by Gasteiger charge is -2.28. The number of amides is 1. The molecule has 1 amide bonds. The molecule has 0 saturated carbocycles. The summed E-state index contributed by atoms with van der Waals surface area (Å²) in [6.07, 6.45) is -0.651. The second kappa shape index (κ2) is 10.9. The second-order valence-electron chi connectivity index (χ2n) is 5.29. The van der Waals surface area contributed by atoms with Gasteiger partial charge >= 0.3 is 8.80 Å². The molecule has 9 nitrogen and oxygen atoms in total. The predicted molar refractivity (Wildman–Crippen MR) is 94.2 cm³/mol. The number of carbonyl (C=O) groups excluding carboxylic acids is 1. The topological polar surface area (TPSA) is 123 Å². The van der Waals surface area contributed by atoms with Crippen molar-refractivity contribution in [3.8, 4) is 0 Å². The number of hydrogen-bond donors (Lipinski definition) is 1. The van der Waals surface area contributed by atoms with E-state index < -0.39 is 14.9 Å². The number of non-ortho nitro benzene ring substituents is 1. The summed E-state index contributed by atoms with van der Waals surface area (Å²) in [5.41, 5.74) is 0.257. The molecule has 2 aliphatic carbocycles. The van der Waals surface area contributed by atoms with Gasteiger partial charge in [-0.15, -0.1) is 0 Å². The smallest absolute Gasteiger partial charge is 0.500 e. The molecule has 0 aliphatic heterocycles. The van der Waals surface area contributed by atoms with Crippen molar-refractivity contribution in [3.05, 3.63) is 38.8 Å². The van der Waals surface area contributed by atoms with E-state index in [1.54, 1.807) is 12.1 Å². The number of nitro groups is 1. The first-order chi connectivity index (χ1) is 12.4. The van der Waals surface area contributed by atoms with Gasteiger partial charge in [-0.3, -0.25) is 10.1 Å². The Morgan fingerprint density at radius 3 is 2.00 bits per heavy atom. The fourth-order valence-electron chi connectivity index (χ4n) is 2.42. The third-order valence-corrected chi connectivity index (χ3v) is 6.68. The highest BCUT2D eigenvalue weighted by molar-refractivity contribution is 6.60. The molecule has 0 spiro atoms. The van der Waals surface area contributed by atoms with Crippen LogP contribution in [0.2, 0.25) is 6.04 Å². The van der Waals surface area contributed by atoms with Crippen LogP contribution in [0.3, 0.4) is 0 Å². The van der Waals surface area contributed by atoms with Crippen LogP contribution < -0.4 is 10.4 Å². The normalized spacial score (nSPS) is 11.3. The standard InChI is InChI=1S/C10H23NO5Si.C6H3NO2/c1-4-14-17(15-5-2,16-6-3)9-7-8-11-10(12)13;8-7(9)6-3-4-1-2-5(4)6/h11H,4-9H2,1-3H3,(H,12,13);1-3H/p-1. The van der Waals surface area contributed by atoms with E-state index in [9.17, 15) is 20.0 Å². The Morgan fingerprint density at radius 1 is 1.15 bits per heavy atom. The highest BCUT2D eigenvalue weighted by Gasteiger charge is 2.39. The summed E-state index contributed by atoms with van der Waals surface area (Å²) in [5, 5.41) is 24.3. The van der Waals surface area contributed by atoms with Crippen LogP contribution in [-0.2, 0) is 13.3 Å². The van der Waals surface area contributed by atoms with Gasteiger partial charge in [-0.1, -0.05) is 6.07 Å². The fourth-order valence-corrected chi connectivity index (χ4v) is 5.03. The van der Waals surface area contributed by atoms with Gasteiger partial charge in [-0.25, -0.2) is 0 Å². The minimum Gasteiger partial charge on any atom is -0.530 e. The van der Waals surface area contributed by atoms with Gasteiger partial charge < -0.3 is 28.5 Å². The van der Waals surface area contributed by atoms with Crippen LogP contribution in [0.15, 0.2) is 18.2 Å². The molecule has 0 heterocycles. The summed E-state index contributed by atoms with van der Waals surface area (Å²) in [7, 11) is -2.62. The van der Waals surface area contributed by atoms with Crippen molar-refractivity contribution >= 4 is 20.6 Å². The number of nitrogens with zero attached hydrogens (tertiary/aromatic N) is 1. The summed E-state index contributed by atoms with van der Waals surface area (Å²) < 4.78 is 16.9. The minimum atomic E-state index is -2.62. The molecule has 2 aliphatic rings. The van der Waals surface area contributed by atoms with Crippen molar-refractivity contribution in [2.75, 3.05) is 26.4 Å². The Kier molecular flexibility index (Phi) is 9.20. The third kappa shape index (κ3) is 6.37. The van der Waals surface area contributed by atoms with Crippen molar-refractivity contribution in [3.63, 3.8) is 0 Å². The molecular weight excluding hydrogens is 360 g/mol. The van der Waals surface area contributed by atoms with Crippen molar-refractivity contribution in [2.24, 2.45) is 0 Å². The number of nitro benzene ring substituents is 1. The average molecular weight is 385 g/mol. The van der Waals surface area contributed by atoms with E-state index in [2.05, 4.69) is 5.32 Å². The lowest BCUT2D eigenvalue weighted by molar-refractivity contribution is -0.386. The molecule has 0 radical (unpaired) electrons. The number of benzene rings is 1. The van der Waals surface area contributed by atoms with Gasteiger partial charge in [0, 0.05) is 38.5 Å². The number of nitrogens with one attached hydrogen (secondary N) is 1. The maximum atomic E-state index is 10.2. The Morgan fingerprint density at radius 2 is 1.73 bits per heavy atom. The van der Waals surface area contributed by atoms with Gasteiger partial charge in [-0.05, 0) is 38.5 Å². The maximum absolute atomic E-state index is 10.2. The number of hydrogen-bond acceptors (Lipinski definition) is 7. The number of rotatable bonds is 11. The van der Waals surface area contributed by atoms with Crippen LogP contribution in [0.4, 0.5) is 10.5 Å². The van der Waals surface area contributed by atoms with Crippen LogP contribution in [0, 0.1) is 20.6 Å². The van der Waals surface area contributed by atoms with Gasteiger partial charge in [0.05, 0.1) is 10.1 Å². The minimum absolute atomic E-state index is 0.257. The molecule has 1 N–H and O–H groups in total. The zero-order chi connectivity index (χ0) is 19.6. The van der Waals surface area contributed by atoms with E-state index in [-0.39, 0.29) is 10.6 Å². The van der Waals surface area contributed by atoms with Crippen molar-refractivity contribution in [1.82, 2.24) is 5.32 Å². The Balaban J connectivity index is 0.000000308. The zero-order valence-corrected chi connectivity index (χ0v) is 16.3. The molecule has 0 saturated heterocycles. The van der Waals surface area contributed by atoms with E-state index in [4.69, 9.17) is 13.3 Å². The summed E-state index contributed by atoms with van der Waals surface area (Å²) in [4.78, 5) is 19.9. The van der Waals surface area contributed by atoms with Crippen LogP contribution in [-0.4, -0.2) is 46.2 Å². The first-order valence-corrected chi connectivity index (χ1v) is 10.5. The molecule has 0 atom stereocenters. The monoisotopic (exact) mass is 385 g/mol.